The third-order valence-electron chi connectivity index (χ3n) is 2.69. The van der Waals surface area contributed by atoms with Crippen LogP contribution in [0.4, 0.5) is 4.39 Å². The number of nitrogens with zero attached hydrogens (tertiary/aromatic N) is 1. The first-order chi connectivity index (χ1) is 9.51. The molecule has 2 aromatic rings. The molecule has 20 heavy (non-hydrogen) atoms. The number of carboxylic acid groups (broad SMARTS) is 1. The van der Waals surface area contributed by atoms with Crippen LogP contribution in [0, 0.1) is 5.82 Å². The van der Waals surface area contributed by atoms with Crippen molar-refractivity contribution in [1.82, 2.24) is 10.3 Å². The second kappa shape index (κ2) is 5.62. The van der Waals surface area contributed by atoms with Gasteiger partial charge in [0.05, 0.1) is 17.7 Å². The Hall–Kier alpha value is -2.54. The van der Waals surface area contributed by atoms with E-state index in [0.717, 1.165) is 0 Å². The minimum absolute atomic E-state index is 0.0859. The summed E-state index contributed by atoms with van der Waals surface area (Å²) in [5.74, 6) is -2.51. The zero-order valence-corrected chi connectivity index (χ0v) is 10.2. The number of amides is 1. The van der Waals surface area contributed by atoms with Gasteiger partial charge in [-0.15, -0.1) is 0 Å². The van der Waals surface area contributed by atoms with Crippen molar-refractivity contribution in [3.05, 3.63) is 41.8 Å². The minimum atomic E-state index is -1.40. The van der Waals surface area contributed by atoms with Gasteiger partial charge in [-0.3, -0.25) is 9.78 Å². The van der Waals surface area contributed by atoms with Gasteiger partial charge in [-0.05, 0) is 24.3 Å². The first kappa shape index (κ1) is 13.9. The van der Waals surface area contributed by atoms with E-state index in [9.17, 15) is 14.0 Å². The van der Waals surface area contributed by atoms with Crippen molar-refractivity contribution in [2.24, 2.45) is 0 Å². The Morgan fingerprint density at radius 2 is 2.10 bits per heavy atom. The number of aromatic nitrogens is 1. The summed E-state index contributed by atoms with van der Waals surface area (Å²) in [4.78, 5) is 26.5. The molecule has 3 N–H and O–H groups in total. The number of aliphatic hydroxyl groups excluding tert-OH is 1. The second-order valence-electron chi connectivity index (χ2n) is 4.11. The van der Waals surface area contributed by atoms with E-state index in [1.165, 1.54) is 30.5 Å². The Labute approximate surface area is 112 Å². The number of pyridine rings is 1. The van der Waals surface area contributed by atoms with Crippen LogP contribution in [0.2, 0.25) is 0 Å². The molecule has 0 spiro atoms. The zero-order chi connectivity index (χ0) is 14.7. The fourth-order valence-corrected chi connectivity index (χ4v) is 1.65. The van der Waals surface area contributed by atoms with Crippen molar-refractivity contribution < 1.29 is 24.2 Å². The predicted octanol–water partition coefficient (Wildman–Crippen LogP) is 0.549. The van der Waals surface area contributed by atoms with E-state index < -0.39 is 30.3 Å². The van der Waals surface area contributed by atoms with Crippen LogP contribution in [0.3, 0.4) is 0 Å². The summed E-state index contributed by atoms with van der Waals surface area (Å²) >= 11 is 0. The number of rotatable bonds is 4. The van der Waals surface area contributed by atoms with E-state index >= 15 is 0 Å². The molecular weight excluding hydrogens is 267 g/mol. The minimum Gasteiger partial charge on any atom is -0.480 e. The number of carbonyl (C=O) groups is 2. The quantitative estimate of drug-likeness (QED) is 0.758. The van der Waals surface area contributed by atoms with Crippen LogP contribution in [0.5, 0.6) is 0 Å². The van der Waals surface area contributed by atoms with Gasteiger partial charge in [-0.2, -0.15) is 0 Å². The maximum atomic E-state index is 13.1. The highest BCUT2D eigenvalue weighted by Crippen LogP contribution is 2.14. The Kier molecular flexibility index (Phi) is 3.90. The molecule has 0 aliphatic heterocycles. The van der Waals surface area contributed by atoms with Crippen molar-refractivity contribution in [2.45, 2.75) is 6.04 Å². The van der Waals surface area contributed by atoms with Gasteiger partial charge < -0.3 is 15.5 Å². The third kappa shape index (κ3) is 2.89. The standard InChI is InChI=1S/C13H11FN2O4/c14-9-1-2-10-7(4-9)3-8(5-15-10)12(18)16-11(6-17)13(19)20/h1-5,11,17H,6H2,(H,16,18)(H,19,20). The Morgan fingerprint density at radius 1 is 1.35 bits per heavy atom. The molecule has 1 amide bonds. The van der Waals surface area contributed by atoms with E-state index in [4.69, 9.17) is 10.2 Å². The van der Waals surface area contributed by atoms with Crippen molar-refractivity contribution in [2.75, 3.05) is 6.61 Å². The normalized spacial score (nSPS) is 12.1. The molecule has 104 valence electrons. The number of hydrogen-bond donors (Lipinski definition) is 3. The van der Waals surface area contributed by atoms with Crippen LogP contribution in [0.25, 0.3) is 10.9 Å². The molecule has 1 atom stereocenters. The molecule has 1 aromatic carbocycles. The van der Waals surface area contributed by atoms with Gasteiger partial charge >= 0.3 is 5.97 Å². The predicted molar refractivity (Wildman–Crippen MR) is 67.7 cm³/mol. The molecule has 0 saturated heterocycles. The number of benzene rings is 1. The largest absolute Gasteiger partial charge is 0.480 e. The van der Waals surface area contributed by atoms with Crippen molar-refractivity contribution >= 4 is 22.8 Å². The summed E-state index contributed by atoms with van der Waals surface area (Å²) < 4.78 is 13.1. The van der Waals surface area contributed by atoms with E-state index in [2.05, 4.69) is 10.3 Å². The molecule has 0 aliphatic carbocycles. The maximum Gasteiger partial charge on any atom is 0.328 e. The molecule has 0 fully saturated rings. The Bertz CT molecular complexity index is 674. The average Bonchev–Trinajstić information content (AvgIpc) is 2.43. The summed E-state index contributed by atoms with van der Waals surface area (Å²) in [6.45, 7) is -0.725. The molecule has 0 bridgehead atoms. The van der Waals surface area contributed by atoms with E-state index in [1.807, 2.05) is 0 Å². The summed E-state index contributed by atoms with van der Waals surface area (Å²) in [6, 6.07) is 3.95. The highest BCUT2D eigenvalue weighted by atomic mass is 19.1. The lowest BCUT2D eigenvalue weighted by molar-refractivity contribution is -0.140. The number of nitrogens with one attached hydrogen (secondary N) is 1. The lowest BCUT2D eigenvalue weighted by Crippen LogP contribution is -2.43. The van der Waals surface area contributed by atoms with E-state index in [-0.39, 0.29) is 5.56 Å². The number of halogens is 1. The van der Waals surface area contributed by atoms with Crippen LogP contribution in [0.15, 0.2) is 30.5 Å². The highest BCUT2D eigenvalue weighted by Gasteiger charge is 2.19. The second-order valence-corrected chi connectivity index (χ2v) is 4.11. The molecule has 0 saturated carbocycles. The van der Waals surface area contributed by atoms with Crippen LogP contribution >= 0.6 is 0 Å². The van der Waals surface area contributed by atoms with Gasteiger partial charge in [0, 0.05) is 11.6 Å². The third-order valence-corrected chi connectivity index (χ3v) is 2.69. The number of fused-ring (bicyclic) bond motifs is 1. The van der Waals surface area contributed by atoms with Gasteiger partial charge in [0.2, 0.25) is 0 Å². The number of aliphatic carboxylic acids is 1. The smallest absolute Gasteiger partial charge is 0.328 e. The van der Waals surface area contributed by atoms with Gasteiger partial charge in [-0.1, -0.05) is 0 Å². The summed E-state index contributed by atoms with van der Waals surface area (Å²) in [6.07, 6.45) is 1.26. The molecule has 0 radical (unpaired) electrons. The molecule has 0 aliphatic rings. The summed E-state index contributed by atoms with van der Waals surface area (Å²) in [7, 11) is 0. The van der Waals surface area contributed by atoms with Crippen molar-refractivity contribution in [3.8, 4) is 0 Å². The Balaban J connectivity index is 2.28. The molecule has 1 unspecified atom stereocenters. The monoisotopic (exact) mass is 278 g/mol. The fraction of sp³-hybridized carbons (Fsp3) is 0.154. The van der Waals surface area contributed by atoms with Gasteiger partial charge in [0.1, 0.15) is 5.82 Å². The maximum absolute atomic E-state index is 13.1. The number of aliphatic hydroxyl groups is 1. The number of carboxylic acids is 1. The first-order valence-electron chi connectivity index (χ1n) is 5.71. The van der Waals surface area contributed by atoms with Crippen LogP contribution in [-0.2, 0) is 4.79 Å². The number of hydrogen-bond acceptors (Lipinski definition) is 4. The molecular formula is C13H11FN2O4. The SMILES string of the molecule is O=C(NC(CO)C(=O)O)c1cnc2ccc(F)cc2c1. The molecule has 2 rings (SSSR count). The fourth-order valence-electron chi connectivity index (χ4n) is 1.65. The number of carbonyl (C=O) groups excluding carboxylic acids is 1. The highest BCUT2D eigenvalue weighted by molar-refractivity contribution is 5.99. The lowest BCUT2D eigenvalue weighted by atomic mass is 10.1. The molecule has 6 nitrogen and oxygen atoms in total. The van der Waals surface area contributed by atoms with Gasteiger partial charge in [-0.25, -0.2) is 9.18 Å². The van der Waals surface area contributed by atoms with Crippen LogP contribution < -0.4 is 5.32 Å². The van der Waals surface area contributed by atoms with Gasteiger partial charge in [0.15, 0.2) is 6.04 Å². The molecule has 7 heteroatoms. The van der Waals surface area contributed by atoms with Crippen molar-refractivity contribution in [3.63, 3.8) is 0 Å². The van der Waals surface area contributed by atoms with E-state index in [0.29, 0.717) is 10.9 Å². The first-order valence-corrected chi connectivity index (χ1v) is 5.71. The average molecular weight is 278 g/mol. The summed E-state index contributed by atoms with van der Waals surface area (Å²) in [5, 5.41) is 20.1. The van der Waals surface area contributed by atoms with E-state index in [1.54, 1.807) is 0 Å². The van der Waals surface area contributed by atoms with Gasteiger partial charge in [0.25, 0.3) is 5.91 Å². The molecule has 1 aromatic heterocycles. The van der Waals surface area contributed by atoms with Crippen LogP contribution in [-0.4, -0.2) is 39.7 Å². The van der Waals surface area contributed by atoms with Crippen molar-refractivity contribution in [1.29, 1.82) is 0 Å². The zero-order valence-electron chi connectivity index (χ0n) is 10.2. The lowest BCUT2D eigenvalue weighted by Gasteiger charge is -2.11. The van der Waals surface area contributed by atoms with Crippen LogP contribution in [0.1, 0.15) is 10.4 Å². The Morgan fingerprint density at radius 3 is 2.75 bits per heavy atom. The molecule has 1 heterocycles. The topological polar surface area (TPSA) is 99.5 Å². The summed E-state index contributed by atoms with van der Waals surface area (Å²) in [5.41, 5.74) is 0.600.